The maximum atomic E-state index is 12.7. The molecule has 1 aromatic carbocycles. The number of anilines is 1. The van der Waals surface area contributed by atoms with E-state index in [1.54, 1.807) is 24.0 Å². The molecule has 1 saturated heterocycles. The Hall–Kier alpha value is -2.01. The molecule has 0 atom stereocenters. The second-order valence-corrected chi connectivity index (χ2v) is 8.63. The van der Waals surface area contributed by atoms with Gasteiger partial charge in [0.2, 0.25) is 15.9 Å². The van der Waals surface area contributed by atoms with Gasteiger partial charge in [0.05, 0.1) is 31.2 Å². The summed E-state index contributed by atoms with van der Waals surface area (Å²) in [6.07, 6.45) is 1.71. The first-order valence-electron chi connectivity index (χ1n) is 9.63. The van der Waals surface area contributed by atoms with E-state index in [4.69, 9.17) is 9.47 Å². The molecule has 1 amide bonds. The summed E-state index contributed by atoms with van der Waals surface area (Å²) >= 11 is 0. The van der Waals surface area contributed by atoms with E-state index in [-0.39, 0.29) is 30.5 Å². The topological polar surface area (TPSA) is 105 Å². The van der Waals surface area contributed by atoms with Gasteiger partial charge in [0.25, 0.3) is 0 Å². The van der Waals surface area contributed by atoms with Gasteiger partial charge in [-0.25, -0.2) is 8.42 Å². The summed E-state index contributed by atoms with van der Waals surface area (Å²) in [6, 6.07) is 6.21. The minimum Gasteiger partial charge on any atom is -0.465 e. The lowest BCUT2D eigenvalue weighted by Crippen LogP contribution is -2.39. The summed E-state index contributed by atoms with van der Waals surface area (Å²) in [7, 11) is -2.02. The van der Waals surface area contributed by atoms with E-state index in [2.05, 4.69) is 5.32 Å². The largest absolute Gasteiger partial charge is 0.465 e. The molecule has 0 aromatic heterocycles. The molecule has 1 heterocycles. The Balaban J connectivity index is 2.02. The molecule has 0 saturated carbocycles. The molecule has 1 aliphatic heterocycles. The Bertz CT molecular complexity index is 793. The maximum Gasteiger partial charge on any atom is 0.320 e. The van der Waals surface area contributed by atoms with Crippen LogP contribution in [0, 0.1) is 0 Å². The van der Waals surface area contributed by atoms with Gasteiger partial charge in [-0.2, -0.15) is 4.31 Å². The first kappa shape index (κ1) is 23.3. The second-order valence-electron chi connectivity index (χ2n) is 6.70. The fraction of sp³-hybridized carbons (Fsp3) is 0.579. The van der Waals surface area contributed by atoms with Gasteiger partial charge in [0, 0.05) is 32.4 Å². The average molecular weight is 428 g/mol. The lowest BCUT2D eigenvalue weighted by molar-refractivity contribution is -0.144. The second kappa shape index (κ2) is 11.2. The highest BCUT2D eigenvalue weighted by molar-refractivity contribution is 7.89. The van der Waals surface area contributed by atoms with Crippen LogP contribution in [0.5, 0.6) is 0 Å². The molecule has 2 rings (SSSR count). The van der Waals surface area contributed by atoms with Gasteiger partial charge in [0.15, 0.2) is 0 Å². The number of amides is 1. The predicted octanol–water partition coefficient (Wildman–Crippen LogP) is 0.921. The molecular weight excluding hydrogens is 398 g/mol. The van der Waals surface area contributed by atoms with Crippen LogP contribution in [0.3, 0.4) is 0 Å². The van der Waals surface area contributed by atoms with Crippen molar-refractivity contribution >= 4 is 27.6 Å². The van der Waals surface area contributed by atoms with Crippen molar-refractivity contribution in [1.29, 1.82) is 0 Å². The number of rotatable bonds is 11. The quantitative estimate of drug-likeness (QED) is 0.524. The van der Waals surface area contributed by atoms with Crippen molar-refractivity contribution in [1.82, 2.24) is 9.21 Å². The van der Waals surface area contributed by atoms with Crippen molar-refractivity contribution in [3.63, 3.8) is 0 Å². The van der Waals surface area contributed by atoms with Gasteiger partial charge >= 0.3 is 5.97 Å². The molecule has 0 bridgehead atoms. The van der Waals surface area contributed by atoms with Crippen molar-refractivity contribution in [3.05, 3.63) is 24.3 Å². The third-order valence-corrected chi connectivity index (χ3v) is 6.35. The molecule has 1 N–H and O–H groups in total. The maximum absolute atomic E-state index is 12.7. The van der Waals surface area contributed by atoms with Gasteiger partial charge < -0.3 is 14.8 Å². The number of nitrogens with one attached hydrogen (secondary N) is 1. The third-order valence-electron chi connectivity index (χ3n) is 4.46. The van der Waals surface area contributed by atoms with Crippen LogP contribution >= 0.6 is 0 Å². The number of sulfonamides is 1. The molecule has 0 radical (unpaired) electrons. The number of ether oxygens (including phenoxy) is 2. The van der Waals surface area contributed by atoms with Crippen molar-refractivity contribution in [3.8, 4) is 0 Å². The highest BCUT2D eigenvalue weighted by Gasteiger charge is 2.27. The smallest absolute Gasteiger partial charge is 0.320 e. The summed E-state index contributed by atoms with van der Waals surface area (Å²) in [5, 5.41) is 2.70. The minimum absolute atomic E-state index is 0.0337. The van der Waals surface area contributed by atoms with Crippen LogP contribution in [0.4, 0.5) is 5.69 Å². The molecular formula is C19H29N3O6S. The number of methoxy groups -OCH3 is 1. The number of hydrogen-bond acceptors (Lipinski definition) is 7. The third kappa shape index (κ3) is 7.07. The Labute approximate surface area is 172 Å². The van der Waals surface area contributed by atoms with E-state index in [9.17, 15) is 18.0 Å². The number of carbonyl (C=O) groups is 2. The monoisotopic (exact) mass is 427 g/mol. The standard InChI is InChI=1S/C19H29N3O6S/c1-3-28-19(24)15-21(11-12-27-2)14-18(23)20-16-7-6-8-17(13-16)29(25,26)22-9-4-5-10-22/h6-8,13H,3-5,9-12,14-15H2,1-2H3,(H,20,23). The fourth-order valence-corrected chi connectivity index (χ4v) is 4.60. The van der Waals surface area contributed by atoms with E-state index in [1.165, 1.54) is 23.5 Å². The Morgan fingerprint density at radius 2 is 1.93 bits per heavy atom. The van der Waals surface area contributed by atoms with Crippen LogP contribution in [-0.2, 0) is 29.1 Å². The van der Waals surface area contributed by atoms with Gasteiger partial charge in [-0.05, 0) is 38.0 Å². The molecule has 29 heavy (non-hydrogen) atoms. The Kier molecular flexibility index (Phi) is 9.02. The van der Waals surface area contributed by atoms with E-state index in [1.807, 2.05) is 0 Å². The van der Waals surface area contributed by atoms with Crippen LogP contribution in [0.25, 0.3) is 0 Å². The zero-order valence-corrected chi connectivity index (χ0v) is 17.7. The first-order chi connectivity index (χ1) is 13.9. The minimum atomic E-state index is -3.56. The van der Waals surface area contributed by atoms with Crippen molar-refractivity contribution < 1.29 is 27.5 Å². The van der Waals surface area contributed by atoms with Gasteiger partial charge in [0.1, 0.15) is 0 Å². The molecule has 0 spiro atoms. The van der Waals surface area contributed by atoms with Gasteiger partial charge in [-0.15, -0.1) is 0 Å². The summed E-state index contributed by atoms with van der Waals surface area (Å²) < 4.78 is 36.8. The number of carbonyl (C=O) groups excluding carboxylic acids is 2. The summed E-state index contributed by atoms with van der Waals surface area (Å²) in [5.74, 6) is -0.781. The fourth-order valence-electron chi connectivity index (χ4n) is 3.04. The summed E-state index contributed by atoms with van der Waals surface area (Å²) in [5.41, 5.74) is 0.387. The van der Waals surface area contributed by atoms with E-state index in [0.29, 0.717) is 31.9 Å². The zero-order valence-electron chi connectivity index (χ0n) is 16.9. The number of benzene rings is 1. The van der Waals surface area contributed by atoms with E-state index < -0.39 is 16.0 Å². The first-order valence-corrected chi connectivity index (χ1v) is 11.1. The summed E-state index contributed by atoms with van der Waals surface area (Å²) in [6.45, 7) is 3.67. The predicted molar refractivity (Wildman–Crippen MR) is 108 cm³/mol. The number of hydrogen-bond donors (Lipinski definition) is 1. The lowest BCUT2D eigenvalue weighted by atomic mass is 10.3. The zero-order chi connectivity index (χ0) is 21.3. The molecule has 1 aromatic rings. The summed E-state index contributed by atoms with van der Waals surface area (Å²) in [4.78, 5) is 25.9. The average Bonchev–Trinajstić information content (AvgIpc) is 3.22. The Morgan fingerprint density at radius 3 is 2.59 bits per heavy atom. The van der Waals surface area contributed by atoms with E-state index in [0.717, 1.165) is 12.8 Å². The van der Waals surface area contributed by atoms with Crippen molar-refractivity contribution in [2.24, 2.45) is 0 Å². The van der Waals surface area contributed by atoms with Gasteiger partial charge in [-0.3, -0.25) is 14.5 Å². The molecule has 1 aliphatic rings. The molecule has 1 fully saturated rings. The highest BCUT2D eigenvalue weighted by Crippen LogP contribution is 2.23. The SMILES string of the molecule is CCOC(=O)CN(CCOC)CC(=O)Nc1cccc(S(=O)(=O)N2CCCC2)c1. The number of esters is 1. The van der Waals surface area contributed by atoms with Crippen molar-refractivity contribution in [2.75, 3.05) is 58.4 Å². The van der Waals surface area contributed by atoms with Crippen LogP contribution in [0.15, 0.2) is 29.2 Å². The van der Waals surface area contributed by atoms with Crippen LogP contribution < -0.4 is 5.32 Å². The lowest BCUT2D eigenvalue weighted by Gasteiger charge is -2.20. The molecule has 0 aliphatic carbocycles. The normalized spacial score (nSPS) is 14.9. The number of nitrogens with zero attached hydrogens (tertiary/aromatic N) is 2. The molecule has 10 heteroatoms. The van der Waals surface area contributed by atoms with Crippen LogP contribution in [0.2, 0.25) is 0 Å². The van der Waals surface area contributed by atoms with Crippen LogP contribution in [0.1, 0.15) is 19.8 Å². The Morgan fingerprint density at radius 1 is 1.21 bits per heavy atom. The molecule has 9 nitrogen and oxygen atoms in total. The van der Waals surface area contributed by atoms with E-state index >= 15 is 0 Å². The molecule has 0 unspecified atom stereocenters. The van der Waals surface area contributed by atoms with Gasteiger partial charge in [-0.1, -0.05) is 6.07 Å². The van der Waals surface area contributed by atoms with Crippen molar-refractivity contribution in [2.45, 2.75) is 24.7 Å². The highest BCUT2D eigenvalue weighted by atomic mass is 32.2. The molecule has 162 valence electrons. The van der Waals surface area contributed by atoms with Crippen LogP contribution in [-0.4, -0.2) is 82.5 Å².